The summed E-state index contributed by atoms with van der Waals surface area (Å²) in [4.78, 5) is 0. The number of allylic oxidation sites excluding steroid dienone is 4. The molecule has 0 unspecified atom stereocenters. The maximum atomic E-state index is 3.87. The van der Waals surface area contributed by atoms with Gasteiger partial charge < -0.3 is 0 Å². The van der Waals surface area contributed by atoms with Crippen molar-refractivity contribution in [2.45, 2.75) is 96.8 Å². The highest BCUT2D eigenvalue weighted by molar-refractivity contribution is 4.92. The molecule has 0 aromatic heterocycles. The van der Waals surface area contributed by atoms with Gasteiger partial charge in [0.25, 0.3) is 0 Å². The largest absolute Gasteiger partial charge is 0.0882 e. The first-order valence-electron chi connectivity index (χ1n) is 9.01. The predicted molar refractivity (Wildman–Crippen MR) is 93.9 cm³/mol. The molecule has 0 nitrogen and oxygen atoms in total. The Kier molecular flexibility index (Phi) is 18.0. The lowest BCUT2D eigenvalue weighted by atomic mass is 10.1. The molecule has 0 fully saturated rings. The predicted octanol–water partition coefficient (Wildman–Crippen LogP) is 7.41. The summed E-state index contributed by atoms with van der Waals surface area (Å²) < 4.78 is 0. The van der Waals surface area contributed by atoms with Gasteiger partial charge in [-0.15, -0.1) is 0 Å². The first kappa shape index (κ1) is 19.5. The molecule has 0 rings (SSSR count). The molecular formula is C20H37. The fourth-order valence-corrected chi connectivity index (χ4v) is 2.34. The van der Waals surface area contributed by atoms with Gasteiger partial charge in [-0.05, 0) is 32.1 Å². The molecule has 117 valence electrons. The van der Waals surface area contributed by atoms with Crippen LogP contribution in [0.1, 0.15) is 96.8 Å². The maximum Gasteiger partial charge on any atom is -0.0169 e. The minimum absolute atomic E-state index is 1.10. The van der Waals surface area contributed by atoms with Crippen LogP contribution in [0, 0.1) is 6.92 Å². The Labute approximate surface area is 128 Å². The van der Waals surface area contributed by atoms with E-state index in [9.17, 15) is 0 Å². The SMILES string of the molecule is [CH2]CCCCCC/C=C/C/C=C/CCCCCCCC. The first-order chi connectivity index (χ1) is 9.91. The van der Waals surface area contributed by atoms with E-state index in [0.29, 0.717) is 0 Å². The van der Waals surface area contributed by atoms with Crippen molar-refractivity contribution < 1.29 is 0 Å². The van der Waals surface area contributed by atoms with Crippen LogP contribution in [0.15, 0.2) is 24.3 Å². The molecule has 0 saturated carbocycles. The van der Waals surface area contributed by atoms with Crippen molar-refractivity contribution in [2.75, 3.05) is 0 Å². The van der Waals surface area contributed by atoms with E-state index < -0.39 is 0 Å². The molecule has 0 atom stereocenters. The maximum absolute atomic E-state index is 3.87. The lowest BCUT2D eigenvalue weighted by Gasteiger charge is -1.97. The van der Waals surface area contributed by atoms with E-state index in [4.69, 9.17) is 0 Å². The smallest absolute Gasteiger partial charge is 0.0169 e. The van der Waals surface area contributed by atoms with E-state index >= 15 is 0 Å². The molecule has 0 amide bonds. The molecule has 0 aromatic carbocycles. The molecule has 0 aromatic rings. The second kappa shape index (κ2) is 18.5. The highest BCUT2D eigenvalue weighted by Gasteiger charge is 1.88. The Morgan fingerprint density at radius 3 is 1.65 bits per heavy atom. The minimum Gasteiger partial charge on any atom is -0.0882 e. The molecule has 0 bridgehead atoms. The third-order valence-electron chi connectivity index (χ3n) is 3.70. The molecule has 0 aliphatic heterocycles. The minimum atomic E-state index is 1.10. The lowest BCUT2D eigenvalue weighted by Crippen LogP contribution is -1.77. The van der Waals surface area contributed by atoms with E-state index in [2.05, 4.69) is 38.2 Å². The summed E-state index contributed by atoms with van der Waals surface area (Å²) in [6.45, 7) is 6.15. The highest BCUT2D eigenvalue weighted by Crippen LogP contribution is 2.08. The van der Waals surface area contributed by atoms with Gasteiger partial charge >= 0.3 is 0 Å². The average Bonchev–Trinajstić information content (AvgIpc) is 2.47. The lowest BCUT2D eigenvalue weighted by molar-refractivity contribution is 0.611. The Hall–Kier alpha value is -0.520. The molecule has 0 aliphatic rings. The van der Waals surface area contributed by atoms with Crippen LogP contribution in [0.4, 0.5) is 0 Å². The summed E-state index contributed by atoms with van der Waals surface area (Å²) in [5.41, 5.74) is 0. The number of rotatable bonds is 15. The van der Waals surface area contributed by atoms with Crippen molar-refractivity contribution in [1.82, 2.24) is 0 Å². The van der Waals surface area contributed by atoms with Gasteiger partial charge in [0.1, 0.15) is 0 Å². The summed E-state index contributed by atoms with van der Waals surface area (Å²) in [6.07, 6.45) is 27.9. The van der Waals surface area contributed by atoms with E-state index in [1.807, 2.05) is 0 Å². The standard InChI is InChI=1S/C20H37/c1-3-5-7-9-11-13-15-17-19-20-18-16-14-12-10-8-6-4-2/h15,17-18,20H,1,3-14,16,19H2,2H3/b17-15+,20-18+. The van der Waals surface area contributed by atoms with Crippen molar-refractivity contribution >= 4 is 0 Å². The Balaban J connectivity index is 3.14. The topological polar surface area (TPSA) is 0 Å². The second-order valence-corrected chi connectivity index (χ2v) is 5.79. The molecule has 0 spiro atoms. The molecule has 20 heavy (non-hydrogen) atoms. The summed E-state index contributed by atoms with van der Waals surface area (Å²) in [5, 5.41) is 0. The van der Waals surface area contributed by atoms with Crippen molar-refractivity contribution in [1.29, 1.82) is 0 Å². The second-order valence-electron chi connectivity index (χ2n) is 5.79. The number of hydrogen-bond acceptors (Lipinski definition) is 0. The Bertz CT molecular complexity index is 212. The third-order valence-corrected chi connectivity index (χ3v) is 3.70. The molecule has 0 aliphatic carbocycles. The highest BCUT2D eigenvalue weighted by atomic mass is 13.9. The summed E-state index contributed by atoms with van der Waals surface area (Å²) in [5.74, 6) is 0. The zero-order valence-electron chi connectivity index (χ0n) is 13.9. The van der Waals surface area contributed by atoms with Gasteiger partial charge in [0, 0.05) is 0 Å². The van der Waals surface area contributed by atoms with Crippen LogP contribution in [0.25, 0.3) is 0 Å². The molecular weight excluding hydrogens is 240 g/mol. The van der Waals surface area contributed by atoms with Crippen LogP contribution in [-0.2, 0) is 0 Å². The van der Waals surface area contributed by atoms with E-state index in [-0.39, 0.29) is 0 Å². The van der Waals surface area contributed by atoms with Gasteiger partial charge in [0.15, 0.2) is 0 Å². The molecule has 0 heteroatoms. The van der Waals surface area contributed by atoms with Crippen LogP contribution in [0.5, 0.6) is 0 Å². The summed E-state index contributed by atoms with van der Waals surface area (Å²) in [7, 11) is 0. The van der Waals surface area contributed by atoms with Gasteiger partial charge in [-0.25, -0.2) is 0 Å². The molecule has 0 saturated heterocycles. The number of hydrogen-bond donors (Lipinski definition) is 0. The average molecular weight is 278 g/mol. The Morgan fingerprint density at radius 2 is 1.10 bits per heavy atom. The normalized spacial score (nSPS) is 11.9. The quantitative estimate of drug-likeness (QED) is 0.216. The monoisotopic (exact) mass is 277 g/mol. The van der Waals surface area contributed by atoms with Gasteiger partial charge in [-0.3, -0.25) is 0 Å². The van der Waals surface area contributed by atoms with Gasteiger partial charge in [0.2, 0.25) is 0 Å². The summed E-state index contributed by atoms with van der Waals surface area (Å²) >= 11 is 0. The van der Waals surface area contributed by atoms with Crippen LogP contribution in [-0.4, -0.2) is 0 Å². The van der Waals surface area contributed by atoms with E-state index in [0.717, 1.165) is 12.8 Å². The Morgan fingerprint density at radius 1 is 0.600 bits per heavy atom. The fourth-order valence-electron chi connectivity index (χ4n) is 2.34. The van der Waals surface area contributed by atoms with Gasteiger partial charge in [-0.1, -0.05) is 95.9 Å². The molecule has 0 heterocycles. The van der Waals surface area contributed by atoms with Gasteiger partial charge in [-0.2, -0.15) is 0 Å². The zero-order chi connectivity index (χ0) is 14.7. The fraction of sp³-hybridized carbons (Fsp3) is 0.750. The molecule has 1 radical (unpaired) electrons. The van der Waals surface area contributed by atoms with E-state index in [1.54, 1.807) is 0 Å². The van der Waals surface area contributed by atoms with Crippen LogP contribution >= 0.6 is 0 Å². The van der Waals surface area contributed by atoms with Gasteiger partial charge in [0.05, 0.1) is 0 Å². The van der Waals surface area contributed by atoms with Crippen molar-refractivity contribution in [3.63, 3.8) is 0 Å². The van der Waals surface area contributed by atoms with Crippen LogP contribution in [0.2, 0.25) is 0 Å². The summed E-state index contributed by atoms with van der Waals surface area (Å²) in [6, 6.07) is 0. The van der Waals surface area contributed by atoms with Crippen molar-refractivity contribution in [2.24, 2.45) is 0 Å². The van der Waals surface area contributed by atoms with Crippen molar-refractivity contribution in [3.8, 4) is 0 Å². The van der Waals surface area contributed by atoms with Crippen LogP contribution in [0.3, 0.4) is 0 Å². The van der Waals surface area contributed by atoms with Crippen LogP contribution < -0.4 is 0 Å². The van der Waals surface area contributed by atoms with Crippen molar-refractivity contribution in [3.05, 3.63) is 31.2 Å². The zero-order valence-corrected chi connectivity index (χ0v) is 13.9. The first-order valence-corrected chi connectivity index (χ1v) is 9.01. The number of unbranched alkanes of at least 4 members (excludes halogenated alkanes) is 11. The van der Waals surface area contributed by atoms with E-state index in [1.165, 1.54) is 77.0 Å². The third kappa shape index (κ3) is 17.5. The molecule has 0 N–H and O–H groups in total.